The second kappa shape index (κ2) is 8.46. The number of aromatic nitrogens is 4. The van der Waals surface area contributed by atoms with Crippen molar-refractivity contribution in [2.75, 3.05) is 19.6 Å². The Hall–Kier alpha value is -2.67. The molecular formula is C24H28FN5O. The van der Waals surface area contributed by atoms with E-state index in [-0.39, 0.29) is 11.7 Å². The summed E-state index contributed by atoms with van der Waals surface area (Å²) in [5.74, 6) is 1.01. The van der Waals surface area contributed by atoms with Crippen LogP contribution in [0.5, 0.6) is 0 Å². The molecule has 7 heteroatoms. The zero-order valence-electron chi connectivity index (χ0n) is 17.9. The number of ketones is 1. The van der Waals surface area contributed by atoms with Gasteiger partial charge in [-0.15, -0.1) is 0 Å². The van der Waals surface area contributed by atoms with Gasteiger partial charge < -0.3 is 0 Å². The smallest absolute Gasteiger partial charge is 0.141 e. The number of alkyl halides is 1. The van der Waals surface area contributed by atoms with Crippen LogP contribution in [0.3, 0.4) is 0 Å². The summed E-state index contributed by atoms with van der Waals surface area (Å²) in [7, 11) is 1.89. The molecule has 0 spiro atoms. The van der Waals surface area contributed by atoms with Gasteiger partial charge in [-0.1, -0.05) is 0 Å². The number of carbonyl (C=O) groups is 1. The Labute approximate surface area is 181 Å². The summed E-state index contributed by atoms with van der Waals surface area (Å²) >= 11 is 0. The maximum atomic E-state index is 13.0. The van der Waals surface area contributed by atoms with E-state index in [0.717, 1.165) is 60.0 Å². The lowest BCUT2D eigenvalue weighted by Gasteiger charge is -2.38. The highest BCUT2D eigenvalue weighted by molar-refractivity contribution is 5.86. The molecule has 0 amide bonds. The third-order valence-electron chi connectivity index (χ3n) is 6.75. The number of hydrogen-bond donors (Lipinski definition) is 0. The van der Waals surface area contributed by atoms with E-state index in [4.69, 9.17) is 0 Å². The van der Waals surface area contributed by atoms with Crippen molar-refractivity contribution in [1.29, 1.82) is 0 Å². The first-order valence-corrected chi connectivity index (χ1v) is 11.2. The minimum absolute atomic E-state index is 0.124. The van der Waals surface area contributed by atoms with Crippen LogP contribution in [0.25, 0.3) is 22.0 Å². The molecular weight excluding hydrogens is 393 g/mol. The summed E-state index contributed by atoms with van der Waals surface area (Å²) in [5.41, 5.74) is 3.65. The van der Waals surface area contributed by atoms with E-state index in [1.807, 2.05) is 31.7 Å². The van der Waals surface area contributed by atoms with Gasteiger partial charge in [0.25, 0.3) is 0 Å². The molecule has 4 heterocycles. The van der Waals surface area contributed by atoms with Crippen LogP contribution in [0.1, 0.15) is 31.4 Å². The lowest BCUT2D eigenvalue weighted by atomic mass is 9.78. The number of pyridine rings is 2. The first kappa shape index (κ1) is 20.2. The molecule has 1 aliphatic heterocycles. The Balaban J connectivity index is 1.21. The summed E-state index contributed by atoms with van der Waals surface area (Å²) < 4.78 is 14.8. The number of hydrogen-bond acceptors (Lipinski definition) is 5. The summed E-state index contributed by atoms with van der Waals surface area (Å²) in [6.45, 7) is 2.16. The van der Waals surface area contributed by atoms with Crippen LogP contribution in [0.2, 0.25) is 0 Å². The van der Waals surface area contributed by atoms with Crippen molar-refractivity contribution in [1.82, 2.24) is 24.6 Å². The molecule has 2 aliphatic rings. The molecule has 0 N–H and O–H groups in total. The van der Waals surface area contributed by atoms with Crippen molar-refractivity contribution in [2.24, 2.45) is 18.9 Å². The molecule has 1 saturated heterocycles. The van der Waals surface area contributed by atoms with E-state index >= 15 is 0 Å². The normalized spacial score (nSPS) is 22.5. The molecule has 1 aliphatic carbocycles. The van der Waals surface area contributed by atoms with Crippen molar-refractivity contribution >= 4 is 16.7 Å². The average Bonchev–Trinajstić information content (AvgIpc) is 3.19. The lowest BCUT2D eigenvalue weighted by molar-refractivity contribution is -0.123. The third-order valence-corrected chi connectivity index (χ3v) is 6.75. The largest absolute Gasteiger partial charge is 0.299 e. The van der Waals surface area contributed by atoms with Crippen LogP contribution in [0, 0.1) is 11.8 Å². The molecule has 5 rings (SSSR count). The van der Waals surface area contributed by atoms with Gasteiger partial charge in [0.15, 0.2) is 0 Å². The maximum absolute atomic E-state index is 13.0. The number of carbonyl (C=O) groups excluding carboxylic acids is 1. The standard InChI is InChI=1S/C24H28FN5O/c1-29-13-20(10-28-29)19-6-18-7-22(26-11-23(18)27-9-19)8-24(31)17-4-2-16(3-5-17)12-30-14-21(25)15-30/h6-7,9-11,13,16-17,21H,2-5,8,12,14-15H2,1H3. The highest BCUT2D eigenvalue weighted by Gasteiger charge is 2.31. The second-order valence-electron chi connectivity index (χ2n) is 9.17. The van der Waals surface area contributed by atoms with E-state index in [0.29, 0.717) is 25.4 Å². The predicted octanol–water partition coefficient (Wildman–Crippen LogP) is 3.60. The number of rotatable bonds is 6. The molecule has 31 heavy (non-hydrogen) atoms. The maximum Gasteiger partial charge on any atom is 0.141 e. The van der Waals surface area contributed by atoms with Gasteiger partial charge in [-0.3, -0.25) is 24.3 Å². The van der Waals surface area contributed by atoms with Crippen LogP contribution in [-0.4, -0.2) is 56.2 Å². The Morgan fingerprint density at radius 3 is 2.58 bits per heavy atom. The quantitative estimate of drug-likeness (QED) is 0.609. The molecule has 0 radical (unpaired) electrons. The third kappa shape index (κ3) is 4.51. The summed E-state index contributed by atoms with van der Waals surface area (Å²) in [6.07, 6.45) is 11.1. The first-order chi connectivity index (χ1) is 15.0. The predicted molar refractivity (Wildman–Crippen MR) is 117 cm³/mol. The Morgan fingerprint density at radius 1 is 1.06 bits per heavy atom. The number of halogens is 1. The van der Waals surface area contributed by atoms with Crippen molar-refractivity contribution in [3.05, 3.63) is 42.6 Å². The molecule has 3 aromatic rings. The average molecular weight is 422 g/mol. The molecule has 0 aromatic carbocycles. The van der Waals surface area contributed by atoms with Gasteiger partial charge in [-0.2, -0.15) is 5.10 Å². The number of fused-ring (bicyclic) bond motifs is 1. The number of nitrogens with zero attached hydrogens (tertiary/aromatic N) is 5. The van der Waals surface area contributed by atoms with Crippen molar-refractivity contribution in [3.8, 4) is 11.1 Å². The van der Waals surface area contributed by atoms with Gasteiger partial charge in [-0.25, -0.2) is 4.39 Å². The fourth-order valence-corrected chi connectivity index (χ4v) is 4.91. The number of aryl methyl sites for hydroxylation is 1. The van der Waals surface area contributed by atoms with Crippen molar-refractivity contribution in [3.63, 3.8) is 0 Å². The zero-order chi connectivity index (χ0) is 21.4. The van der Waals surface area contributed by atoms with Gasteiger partial charge in [0.1, 0.15) is 12.0 Å². The van der Waals surface area contributed by atoms with Crippen LogP contribution >= 0.6 is 0 Å². The molecule has 0 bridgehead atoms. The van der Waals surface area contributed by atoms with Crippen LogP contribution in [0.15, 0.2) is 36.9 Å². The fourth-order valence-electron chi connectivity index (χ4n) is 4.91. The Morgan fingerprint density at radius 2 is 1.87 bits per heavy atom. The molecule has 162 valence electrons. The van der Waals surface area contributed by atoms with Gasteiger partial charge in [0.2, 0.25) is 0 Å². The Kier molecular flexibility index (Phi) is 5.52. The topological polar surface area (TPSA) is 63.9 Å². The van der Waals surface area contributed by atoms with Crippen LogP contribution < -0.4 is 0 Å². The van der Waals surface area contributed by atoms with Crippen molar-refractivity contribution < 1.29 is 9.18 Å². The molecule has 3 aromatic heterocycles. The molecule has 2 fully saturated rings. The summed E-state index contributed by atoms with van der Waals surface area (Å²) in [4.78, 5) is 24.1. The van der Waals surface area contributed by atoms with Crippen LogP contribution in [0.4, 0.5) is 4.39 Å². The van der Waals surface area contributed by atoms with E-state index in [9.17, 15) is 9.18 Å². The van der Waals surface area contributed by atoms with E-state index in [1.54, 1.807) is 10.9 Å². The van der Waals surface area contributed by atoms with E-state index in [1.165, 1.54) is 0 Å². The molecule has 0 atom stereocenters. The Bertz CT molecular complexity index is 1080. The van der Waals surface area contributed by atoms with Crippen molar-refractivity contribution in [2.45, 2.75) is 38.3 Å². The highest BCUT2D eigenvalue weighted by atomic mass is 19.1. The van der Waals surface area contributed by atoms with Gasteiger partial charge in [0, 0.05) is 73.6 Å². The van der Waals surface area contributed by atoms with E-state index < -0.39 is 6.17 Å². The molecule has 1 saturated carbocycles. The first-order valence-electron chi connectivity index (χ1n) is 11.2. The fraction of sp³-hybridized carbons (Fsp3) is 0.500. The number of Topliss-reactive ketones (excluding diaryl/α,β-unsaturated/α-hetero) is 1. The molecule has 0 unspecified atom stereocenters. The van der Waals surface area contributed by atoms with Gasteiger partial charge in [0.05, 0.1) is 17.9 Å². The summed E-state index contributed by atoms with van der Waals surface area (Å²) in [6, 6.07) is 4.07. The SMILES string of the molecule is Cn1cc(-c2cnc3cnc(CC(=O)C4CCC(CN5CC(F)C5)CC4)cc3c2)cn1. The van der Waals surface area contributed by atoms with E-state index in [2.05, 4.69) is 26.0 Å². The lowest BCUT2D eigenvalue weighted by Crippen LogP contribution is -2.50. The second-order valence-corrected chi connectivity index (χ2v) is 9.17. The highest BCUT2D eigenvalue weighted by Crippen LogP contribution is 2.32. The summed E-state index contributed by atoms with van der Waals surface area (Å²) in [5, 5.41) is 5.22. The van der Waals surface area contributed by atoms with Gasteiger partial charge >= 0.3 is 0 Å². The zero-order valence-corrected chi connectivity index (χ0v) is 17.9. The minimum Gasteiger partial charge on any atom is -0.299 e. The number of likely N-dealkylation sites (tertiary alicyclic amines) is 1. The van der Waals surface area contributed by atoms with Crippen LogP contribution in [-0.2, 0) is 18.3 Å². The van der Waals surface area contributed by atoms with Gasteiger partial charge in [-0.05, 0) is 43.7 Å². The minimum atomic E-state index is -0.636. The monoisotopic (exact) mass is 421 g/mol. The molecule has 6 nitrogen and oxygen atoms in total.